The highest BCUT2D eigenvalue weighted by molar-refractivity contribution is 6.33. The predicted molar refractivity (Wildman–Crippen MR) is 68.1 cm³/mol. The van der Waals surface area contributed by atoms with Crippen LogP contribution in [0.2, 0.25) is 5.02 Å². The molecular weight excluding hydrogens is 222 g/mol. The fourth-order valence-corrected chi connectivity index (χ4v) is 2.02. The molecule has 0 radical (unpaired) electrons. The van der Waals surface area contributed by atoms with Gasteiger partial charge in [-0.15, -0.1) is 0 Å². The van der Waals surface area contributed by atoms with Crippen LogP contribution in [0.1, 0.15) is 23.8 Å². The lowest BCUT2D eigenvalue weighted by molar-refractivity contribution is 0.520. The topological polar surface area (TPSA) is 25.2 Å². The maximum atomic E-state index is 6.21. The first-order valence-electron chi connectivity index (χ1n) is 5.52. The number of benzene rings is 1. The molecule has 1 aromatic carbocycles. The molecule has 0 aliphatic heterocycles. The van der Waals surface area contributed by atoms with Crippen LogP contribution in [0.4, 0.5) is 0 Å². The zero-order valence-electron chi connectivity index (χ0n) is 9.86. The Morgan fingerprint density at radius 2 is 2.06 bits per heavy atom. The average molecular weight is 238 g/mol. The molecule has 0 atom stereocenters. The van der Waals surface area contributed by atoms with Crippen LogP contribution in [0.5, 0.6) is 0 Å². The summed E-state index contributed by atoms with van der Waals surface area (Å²) in [4.78, 5) is 0. The first-order chi connectivity index (χ1) is 7.63. The molecule has 0 spiro atoms. The van der Waals surface area contributed by atoms with Gasteiger partial charge in [0, 0.05) is 10.4 Å². The van der Waals surface area contributed by atoms with Crippen molar-refractivity contribution in [2.45, 2.75) is 27.3 Å². The summed E-state index contributed by atoms with van der Waals surface area (Å²) < 4.78 is 5.77. The summed E-state index contributed by atoms with van der Waals surface area (Å²) in [6, 6.07) is 4.07. The number of rotatable bonds is 3. The van der Waals surface area contributed by atoms with Gasteiger partial charge in [0.25, 0.3) is 0 Å². The lowest BCUT2D eigenvalue weighted by atomic mass is 10.1. The van der Waals surface area contributed by atoms with Crippen LogP contribution in [-0.4, -0.2) is 6.54 Å². The Bertz CT molecular complexity index is 516. The number of nitrogens with one attached hydrogen (secondary N) is 1. The molecule has 0 fully saturated rings. The van der Waals surface area contributed by atoms with Crippen molar-refractivity contribution in [3.8, 4) is 0 Å². The van der Waals surface area contributed by atoms with Crippen molar-refractivity contribution in [3.63, 3.8) is 0 Å². The maximum Gasteiger partial charge on any atom is 0.134 e. The van der Waals surface area contributed by atoms with Crippen LogP contribution in [0.15, 0.2) is 16.5 Å². The molecular formula is C13H16ClNO. The van der Waals surface area contributed by atoms with E-state index in [1.165, 1.54) is 0 Å². The first kappa shape index (κ1) is 11.5. The SMILES string of the molecule is CCNCc1cc2c(C)c(Cl)c(C)cc2o1. The van der Waals surface area contributed by atoms with Crippen LogP contribution in [0, 0.1) is 13.8 Å². The smallest absolute Gasteiger partial charge is 0.134 e. The summed E-state index contributed by atoms with van der Waals surface area (Å²) in [6.07, 6.45) is 0. The molecule has 2 nitrogen and oxygen atoms in total. The molecule has 0 bridgehead atoms. The van der Waals surface area contributed by atoms with Gasteiger partial charge in [0.05, 0.1) is 6.54 Å². The van der Waals surface area contributed by atoms with E-state index >= 15 is 0 Å². The van der Waals surface area contributed by atoms with Gasteiger partial charge >= 0.3 is 0 Å². The summed E-state index contributed by atoms with van der Waals surface area (Å²) in [6.45, 7) is 7.82. The van der Waals surface area contributed by atoms with E-state index in [-0.39, 0.29) is 0 Å². The van der Waals surface area contributed by atoms with E-state index in [0.717, 1.165) is 46.0 Å². The number of halogens is 1. The van der Waals surface area contributed by atoms with Gasteiger partial charge < -0.3 is 9.73 Å². The Morgan fingerprint density at radius 1 is 1.31 bits per heavy atom. The Balaban J connectivity index is 2.49. The van der Waals surface area contributed by atoms with Crippen LogP contribution < -0.4 is 5.32 Å². The van der Waals surface area contributed by atoms with Crippen LogP contribution in [0.3, 0.4) is 0 Å². The van der Waals surface area contributed by atoms with E-state index in [0.29, 0.717) is 0 Å². The highest BCUT2D eigenvalue weighted by Crippen LogP contribution is 2.31. The molecule has 1 aromatic heterocycles. The van der Waals surface area contributed by atoms with Crippen LogP contribution in [-0.2, 0) is 6.54 Å². The quantitative estimate of drug-likeness (QED) is 0.878. The average Bonchev–Trinajstić information content (AvgIpc) is 2.66. The largest absolute Gasteiger partial charge is 0.460 e. The third kappa shape index (κ3) is 1.95. The molecule has 16 heavy (non-hydrogen) atoms. The summed E-state index contributed by atoms with van der Waals surface area (Å²) in [5.41, 5.74) is 3.09. The highest BCUT2D eigenvalue weighted by Gasteiger charge is 2.10. The van der Waals surface area contributed by atoms with E-state index in [2.05, 4.69) is 18.3 Å². The molecule has 2 rings (SSSR count). The third-order valence-corrected chi connectivity index (χ3v) is 3.37. The normalized spacial score (nSPS) is 11.2. The van der Waals surface area contributed by atoms with Crippen molar-refractivity contribution in [2.24, 2.45) is 0 Å². The zero-order valence-corrected chi connectivity index (χ0v) is 10.6. The standard InChI is InChI=1S/C13H16ClNO/c1-4-15-7-10-6-11-9(3)13(14)8(2)5-12(11)16-10/h5-6,15H,4,7H2,1-3H3. The third-order valence-electron chi connectivity index (χ3n) is 2.79. The molecule has 0 saturated heterocycles. The van der Waals surface area contributed by atoms with Gasteiger partial charge in [0.15, 0.2) is 0 Å². The zero-order chi connectivity index (χ0) is 11.7. The minimum Gasteiger partial charge on any atom is -0.460 e. The molecule has 0 aliphatic rings. The molecule has 0 aliphatic carbocycles. The number of hydrogen-bond donors (Lipinski definition) is 1. The van der Waals surface area contributed by atoms with Gasteiger partial charge in [-0.3, -0.25) is 0 Å². The van der Waals surface area contributed by atoms with Gasteiger partial charge in [-0.05, 0) is 43.7 Å². The van der Waals surface area contributed by atoms with Gasteiger partial charge in [-0.1, -0.05) is 18.5 Å². The molecule has 3 heteroatoms. The fourth-order valence-electron chi connectivity index (χ4n) is 1.87. The van der Waals surface area contributed by atoms with Crippen LogP contribution >= 0.6 is 11.6 Å². The van der Waals surface area contributed by atoms with Gasteiger partial charge in [0.1, 0.15) is 11.3 Å². The highest BCUT2D eigenvalue weighted by atomic mass is 35.5. The van der Waals surface area contributed by atoms with E-state index < -0.39 is 0 Å². The Kier molecular flexibility index (Phi) is 3.22. The molecule has 1 N–H and O–H groups in total. The van der Waals surface area contributed by atoms with Gasteiger partial charge in [-0.25, -0.2) is 0 Å². The Morgan fingerprint density at radius 3 is 2.75 bits per heavy atom. The fraction of sp³-hybridized carbons (Fsp3) is 0.385. The van der Waals surface area contributed by atoms with Gasteiger partial charge in [0.2, 0.25) is 0 Å². The summed E-state index contributed by atoms with van der Waals surface area (Å²) in [5.74, 6) is 0.960. The number of furan rings is 1. The van der Waals surface area contributed by atoms with Crippen molar-refractivity contribution >= 4 is 22.6 Å². The second-order valence-corrected chi connectivity index (χ2v) is 4.42. The minimum atomic E-state index is 0.765. The Hall–Kier alpha value is -0.990. The second-order valence-electron chi connectivity index (χ2n) is 4.04. The predicted octanol–water partition coefficient (Wildman–Crippen LogP) is 3.81. The maximum absolute atomic E-state index is 6.21. The number of hydrogen-bond acceptors (Lipinski definition) is 2. The number of aryl methyl sites for hydroxylation is 2. The molecule has 0 unspecified atom stereocenters. The van der Waals surface area contributed by atoms with E-state index in [9.17, 15) is 0 Å². The van der Waals surface area contributed by atoms with Crippen molar-refractivity contribution in [2.75, 3.05) is 6.54 Å². The molecule has 0 saturated carbocycles. The van der Waals surface area contributed by atoms with E-state index in [4.69, 9.17) is 16.0 Å². The minimum absolute atomic E-state index is 0.765. The lowest BCUT2D eigenvalue weighted by Gasteiger charge is -2.02. The summed E-state index contributed by atoms with van der Waals surface area (Å²) in [7, 11) is 0. The monoisotopic (exact) mass is 237 g/mol. The van der Waals surface area contributed by atoms with Crippen molar-refractivity contribution in [1.82, 2.24) is 5.32 Å². The molecule has 2 aromatic rings. The molecule has 0 amide bonds. The Labute approximate surface area is 101 Å². The van der Waals surface area contributed by atoms with E-state index in [1.807, 2.05) is 19.9 Å². The van der Waals surface area contributed by atoms with Crippen molar-refractivity contribution in [3.05, 3.63) is 34.0 Å². The van der Waals surface area contributed by atoms with Gasteiger partial charge in [-0.2, -0.15) is 0 Å². The lowest BCUT2D eigenvalue weighted by Crippen LogP contribution is -2.10. The van der Waals surface area contributed by atoms with E-state index in [1.54, 1.807) is 0 Å². The summed E-state index contributed by atoms with van der Waals surface area (Å²) >= 11 is 6.21. The van der Waals surface area contributed by atoms with Crippen molar-refractivity contribution in [1.29, 1.82) is 0 Å². The number of fused-ring (bicyclic) bond motifs is 1. The summed E-state index contributed by atoms with van der Waals surface area (Å²) in [5, 5.41) is 5.20. The molecule has 86 valence electrons. The van der Waals surface area contributed by atoms with Crippen LogP contribution in [0.25, 0.3) is 11.0 Å². The second kappa shape index (κ2) is 4.48. The molecule has 1 heterocycles. The first-order valence-corrected chi connectivity index (χ1v) is 5.90. The van der Waals surface area contributed by atoms with Crippen molar-refractivity contribution < 1.29 is 4.42 Å².